The van der Waals surface area contributed by atoms with Crippen molar-refractivity contribution < 1.29 is 9.90 Å². The normalized spacial score (nSPS) is 11.4. The number of nitrogens with zero attached hydrogens (tertiary/aromatic N) is 1. The number of aliphatic hydroxyl groups is 1. The van der Waals surface area contributed by atoms with Crippen molar-refractivity contribution in [1.29, 1.82) is 0 Å². The first-order chi connectivity index (χ1) is 9.94. The summed E-state index contributed by atoms with van der Waals surface area (Å²) in [5, 5.41) is 13.1. The highest BCUT2D eigenvalue weighted by atomic mass is 16.3. The van der Waals surface area contributed by atoms with Crippen LogP contribution in [0.4, 0.5) is 5.69 Å². The van der Waals surface area contributed by atoms with Crippen molar-refractivity contribution in [3.05, 3.63) is 28.7 Å². The zero-order valence-corrected chi connectivity index (χ0v) is 13.2. The van der Waals surface area contributed by atoms with Gasteiger partial charge in [-0.15, -0.1) is 0 Å². The van der Waals surface area contributed by atoms with Crippen molar-refractivity contribution in [3.63, 3.8) is 0 Å². The van der Waals surface area contributed by atoms with Crippen LogP contribution in [0.2, 0.25) is 0 Å². The number of anilines is 1. The highest BCUT2D eigenvalue weighted by molar-refractivity contribution is 5.91. The molecule has 1 rings (SSSR count). The van der Waals surface area contributed by atoms with Gasteiger partial charge in [0.1, 0.15) is 5.69 Å². The van der Waals surface area contributed by atoms with E-state index in [-0.39, 0.29) is 23.4 Å². The Morgan fingerprint density at radius 3 is 2.43 bits per heavy atom. The van der Waals surface area contributed by atoms with E-state index in [1.165, 1.54) is 6.07 Å². The second-order valence-electron chi connectivity index (χ2n) is 5.50. The van der Waals surface area contributed by atoms with Crippen LogP contribution in [0.15, 0.2) is 23.3 Å². The van der Waals surface area contributed by atoms with Gasteiger partial charge in [-0.3, -0.25) is 9.59 Å². The topological polar surface area (TPSA) is 71.3 Å². The molecule has 2 N–H and O–H groups in total. The standard InChI is InChI=1S/C16H26N2O3/c1-4-8-16(21,9-5-2)11-15(20)17-13-12-18(6-3)10-7-14(13)19/h7,10,12,21H,4-6,8-9,11H2,1-3H3,(H,17,20). The minimum atomic E-state index is -0.980. The molecule has 0 fully saturated rings. The van der Waals surface area contributed by atoms with Gasteiger partial charge in [-0.2, -0.15) is 0 Å². The Balaban J connectivity index is 2.78. The number of amides is 1. The second kappa shape index (κ2) is 7.98. The molecule has 0 bridgehead atoms. The number of aromatic nitrogens is 1. The SMILES string of the molecule is CCCC(O)(CCC)CC(=O)Nc1cn(CC)ccc1=O. The van der Waals surface area contributed by atoms with Crippen LogP contribution in [0, 0.1) is 0 Å². The number of aryl methyl sites for hydroxylation is 1. The molecule has 1 heterocycles. The van der Waals surface area contributed by atoms with E-state index in [0.29, 0.717) is 12.8 Å². The third-order valence-electron chi connectivity index (χ3n) is 3.54. The summed E-state index contributed by atoms with van der Waals surface area (Å²) < 4.78 is 1.82. The molecule has 1 aromatic rings. The minimum Gasteiger partial charge on any atom is -0.389 e. The third-order valence-corrected chi connectivity index (χ3v) is 3.54. The van der Waals surface area contributed by atoms with Gasteiger partial charge in [-0.05, 0) is 19.8 Å². The fraction of sp³-hybridized carbons (Fsp3) is 0.625. The van der Waals surface area contributed by atoms with E-state index in [9.17, 15) is 14.7 Å². The Hall–Kier alpha value is -1.62. The quantitative estimate of drug-likeness (QED) is 0.774. The Morgan fingerprint density at radius 1 is 1.29 bits per heavy atom. The lowest BCUT2D eigenvalue weighted by Gasteiger charge is -2.26. The van der Waals surface area contributed by atoms with E-state index in [4.69, 9.17) is 0 Å². The highest BCUT2D eigenvalue weighted by Crippen LogP contribution is 2.23. The van der Waals surface area contributed by atoms with Crippen LogP contribution in [0.3, 0.4) is 0 Å². The summed E-state index contributed by atoms with van der Waals surface area (Å²) in [5.74, 6) is -0.314. The lowest BCUT2D eigenvalue weighted by atomic mass is 9.89. The molecule has 0 aliphatic carbocycles. The summed E-state index contributed by atoms with van der Waals surface area (Å²) in [7, 11) is 0. The smallest absolute Gasteiger partial charge is 0.227 e. The second-order valence-corrected chi connectivity index (χ2v) is 5.50. The molecule has 0 unspecified atom stereocenters. The first-order valence-corrected chi connectivity index (χ1v) is 7.66. The number of hydrogen-bond acceptors (Lipinski definition) is 3. The fourth-order valence-electron chi connectivity index (χ4n) is 2.54. The van der Waals surface area contributed by atoms with Crippen molar-refractivity contribution in [2.75, 3.05) is 5.32 Å². The van der Waals surface area contributed by atoms with Gasteiger partial charge in [0.2, 0.25) is 11.3 Å². The number of rotatable bonds is 8. The van der Waals surface area contributed by atoms with Crippen LogP contribution in [0.5, 0.6) is 0 Å². The molecule has 0 radical (unpaired) electrons. The van der Waals surface area contributed by atoms with Crippen molar-refractivity contribution in [3.8, 4) is 0 Å². The van der Waals surface area contributed by atoms with Gasteiger partial charge in [0, 0.05) is 25.0 Å². The number of pyridine rings is 1. The molecular formula is C16H26N2O3. The van der Waals surface area contributed by atoms with E-state index in [0.717, 1.165) is 19.4 Å². The van der Waals surface area contributed by atoms with Crippen molar-refractivity contribution in [2.24, 2.45) is 0 Å². The Labute approximate surface area is 126 Å². The molecule has 0 aromatic carbocycles. The molecule has 0 aliphatic rings. The van der Waals surface area contributed by atoms with E-state index < -0.39 is 5.60 Å². The van der Waals surface area contributed by atoms with E-state index in [1.54, 1.807) is 12.4 Å². The maximum Gasteiger partial charge on any atom is 0.227 e. The maximum absolute atomic E-state index is 12.1. The zero-order valence-electron chi connectivity index (χ0n) is 13.2. The van der Waals surface area contributed by atoms with Gasteiger partial charge in [-0.25, -0.2) is 0 Å². The average molecular weight is 294 g/mol. The van der Waals surface area contributed by atoms with Crippen molar-refractivity contribution in [1.82, 2.24) is 4.57 Å². The van der Waals surface area contributed by atoms with Gasteiger partial charge in [0.25, 0.3) is 0 Å². The molecule has 0 saturated carbocycles. The Kier molecular flexibility index (Phi) is 6.62. The number of carbonyl (C=O) groups is 1. The number of hydrogen-bond donors (Lipinski definition) is 2. The zero-order chi connectivity index (χ0) is 15.9. The molecule has 5 heteroatoms. The molecule has 5 nitrogen and oxygen atoms in total. The van der Waals surface area contributed by atoms with Gasteiger partial charge in [0.15, 0.2) is 0 Å². The van der Waals surface area contributed by atoms with Crippen molar-refractivity contribution in [2.45, 2.75) is 65.0 Å². The molecule has 1 amide bonds. The summed E-state index contributed by atoms with van der Waals surface area (Å²) in [4.78, 5) is 23.9. The van der Waals surface area contributed by atoms with Crippen LogP contribution in [-0.4, -0.2) is 21.2 Å². The summed E-state index contributed by atoms with van der Waals surface area (Å²) in [6, 6.07) is 1.43. The largest absolute Gasteiger partial charge is 0.389 e. The van der Waals surface area contributed by atoms with Gasteiger partial charge < -0.3 is 15.0 Å². The summed E-state index contributed by atoms with van der Waals surface area (Å²) >= 11 is 0. The molecular weight excluding hydrogens is 268 g/mol. The molecule has 118 valence electrons. The van der Waals surface area contributed by atoms with Crippen LogP contribution >= 0.6 is 0 Å². The number of carbonyl (C=O) groups excluding carboxylic acids is 1. The minimum absolute atomic E-state index is 0.0230. The molecule has 21 heavy (non-hydrogen) atoms. The lowest BCUT2D eigenvalue weighted by Crippen LogP contribution is -2.34. The van der Waals surface area contributed by atoms with Crippen LogP contribution in [-0.2, 0) is 11.3 Å². The molecule has 1 aromatic heterocycles. The Bertz CT molecular complexity index is 516. The van der Waals surface area contributed by atoms with Crippen LogP contribution < -0.4 is 10.7 Å². The average Bonchev–Trinajstić information content (AvgIpc) is 2.41. The number of nitrogens with one attached hydrogen (secondary N) is 1. The van der Waals surface area contributed by atoms with Gasteiger partial charge in [-0.1, -0.05) is 26.7 Å². The van der Waals surface area contributed by atoms with Crippen LogP contribution in [0.1, 0.15) is 52.9 Å². The predicted molar refractivity (Wildman–Crippen MR) is 84.4 cm³/mol. The maximum atomic E-state index is 12.1. The molecule has 0 saturated heterocycles. The Morgan fingerprint density at radius 2 is 1.90 bits per heavy atom. The molecule has 0 atom stereocenters. The lowest BCUT2D eigenvalue weighted by molar-refractivity contribution is -0.121. The highest BCUT2D eigenvalue weighted by Gasteiger charge is 2.28. The fourth-order valence-corrected chi connectivity index (χ4v) is 2.54. The third kappa shape index (κ3) is 5.34. The van der Waals surface area contributed by atoms with Gasteiger partial charge >= 0.3 is 0 Å². The summed E-state index contributed by atoms with van der Waals surface area (Å²) in [6.45, 7) is 6.64. The van der Waals surface area contributed by atoms with E-state index >= 15 is 0 Å². The summed E-state index contributed by atoms with van der Waals surface area (Å²) in [5.41, 5.74) is -0.936. The van der Waals surface area contributed by atoms with E-state index in [2.05, 4.69) is 5.32 Å². The van der Waals surface area contributed by atoms with Crippen molar-refractivity contribution >= 4 is 11.6 Å². The predicted octanol–water partition coefficient (Wildman–Crippen LogP) is 2.53. The first kappa shape index (κ1) is 17.4. The van der Waals surface area contributed by atoms with Gasteiger partial charge in [0.05, 0.1) is 12.0 Å². The first-order valence-electron chi connectivity index (χ1n) is 7.66. The molecule has 0 spiro atoms. The van der Waals surface area contributed by atoms with Crippen LogP contribution in [0.25, 0.3) is 0 Å². The summed E-state index contributed by atoms with van der Waals surface area (Å²) in [6.07, 6.45) is 6.14. The van der Waals surface area contributed by atoms with E-state index in [1.807, 2.05) is 25.3 Å². The molecule has 0 aliphatic heterocycles. The monoisotopic (exact) mass is 294 g/mol.